The molecule has 0 bridgehead atoms. The van der Waals surface area contributed by atoms with E-state index in [0.29, 0.717) is 43.3 Å². The first-order valence-corrected chi connectivity index (χ1v) is 8.66. The van der Waals surface area contributed by atoms with E-state index in [9.17, 15) is 9.59 Å². The second-order valence-electron chi connectivity index (χ2n) is 5.31. The fourth-order valence-corrected chi connectivity index (χ4v) is 3.28. The highest BCUT2D eigenvalue weighted by atomic mass is 35.5. The Morgan fingerprint density at radius 2 is 1.83 bits per heavy atom. The van der Waals surface area contributed by atoms with Crippen LogP contribution in [0.5, 0.6) is 0 Å². The molecule has 0 N–H and O–H groups in total. The van der Waals surface area contributed by atoms with Crippen molar-refractivity contribution in [3.8, 4) is 0 Å². The zero-order chi connectivity index (χ0) is 16.2. The summed E-state index contributed by atoms with van der Waals surface area (Å²) in [6.45, 7) is 2.15. The first kappa shape index (κ1) is 16.0. The Balaban J connectivity index is 1.55. The minimum Gasteiger partial charge on any atom is -0.339 e. The number of piperazine rings is 1. The summed E-state index contributed by atoms with van der Waals surface area (Å²) in [7, 11) is 0. The molecule has 0 unspecified atom stereocenters. The van der Waals surface area contributed by atoms with Crippen LogP contribution < -0.4 is 0 Å². The Labute approximate surface area is 143 Å². The topological polar surface area (TPSA) is 53.5 Å². The summed E-state index contributed by atoms with van der Waals surface area (Å²) in [4.78, 5) is 32.2. The molecule has 3 rings (SSSR count). The van der Waals surface area contributed by atoms with E-state index in [-0.39, 0.29) is 11.8 Å². The summed E-state index contributed by atoms with van der Waals surface area (Å²) < 4.78 is 0. The summed E-state index contributed by atoms with van der Waals surface area (Å²) >= 11 is 7.50. The van der Waals surface area contributed by atoms with Gasteiger partial charge in [-0.1, -0.05) is 29.8 Å². The summed E-state index contributed by atoms with van der Waals surface area (Å²) in [5, 5.41) is 2.36. The largest absolute Gasteiger partial charge is 0.339 e. The van der Waals surface area contributed by atoms with Gasteiger partial charge in [0.1, 0.15) is 5.69 Å². The predicted molar refractivity (Wildman–Crippen MR) is 89.8 cm³/mol. The highest BCUT2D eigenvalue weighted by molar-refractivity contribution is 7.07. The highest BCUT2D eigenvalue weighted by Crippen LogP contribution is 2.17. The van der Waals surface area contributed by atoms with Crippen LogP contribution in [0, 0.1) is 0 Å². The molecule has 0 radical (unpaired) electrons. The SMILES string of the molecule is O=C(Cc1ccccc1Cl)N1CCN(C(=O)c2cscn2)CC1. The molecule has 5 nitrogen and oxygen atoms in total. The number of aromatic nitrogens is 1. The first-order chi connectivity index (χ1) is 11.1. The van der Waals surface area contributed by atoms with Crippen molar-refractivity contribution >= 4 is 34.8 Å². The number of rotatable bonds is 3. The van der Waals surface area contributed by atoms with Gasteiger partial charge in [-0.05, 0) is 11.6 Å². The van der Waals surface area contributed by atoms with Gasteiger partial charge in [-0.25, -0.2) is 4.98 Å². The van der Waals surface area contributed by atoms with Crippen molar-refractivity contribution in [3.05, 3.63) is 51.4 Å². The molecule has 23 heavy (non-hydrogen) atoms. The van der Waals surface area contributed by atoms with Crippen molar-refractivity contribution in [2.45, 2.75) is 6.42 Å². The molecule has 1 aromatic heterocycles. The number of carbonyl (C=O) groups is 2. The number of carbonyl (C=O) groups excluding carboxylic acids is 2. The quantitative estimate of drug-likeness (QED) is 0.854. The first-order valence-electron chi connectivity index (χ1n) is 7.34. The second kappa shape index (κ2) is 7.10. The van der Waals surface area contributed by atoms with Gasteiger partial charge in [0.15, 0.2) is 0 Å². The zero-order valence-corrected chi connectivity index (χ0v) is 14.0. The van der Waals surface area contributed by atoms with Crippen LogP contribution in [-0.4, -0.2) is 52.8 Å². The molecule has 2 aromatic rings. The van der Waals surface area contributed by atoms with Crippen LogP contribution in [0.25, 0.3) is 0 Å². The van der Waals surface area contributed by atoms with E-state index in [1.807, 2.05) is 18.2 Å². The lowest BCUT2D eigenvalue weighted by molar-refractivity contribution is -0.131. The molecule has 0 aliphatic carbocycles. The van der Waals surface area contributed by atoms with Crippen molar-refractivity contribution in [2.75, 3.05) is 26.2 Å². The molecular weight excluding hydrogens is 334 g/mol. The Morgan fingerprint density at radius 3 is 2.48 bits per heavy atom. The van der Waals surface area contributed by atoms with E-state index in [0.717, 1.165) is 5.56 Å². The lowest BCUT2D eigenvalue weighted by Crippen LogP contribution is -2.51. The zero-order valence-electron chi connectivity index (χ0n) is 12.4. The third-order valence-electron chi connectivity index (χ3n) is 3.87. The minimum absolute atomic E-state index is 0.0406. The maximum atomic E-state index is 12.4. The standard InChI is InChI=1S/C16H16ClN3O2S/c17-13-4-2-1-3-12(13)9-15(21)19-5-7-20(8-6-19)16(22)14-10-23-11-18-14/h1-4,10-11H,5-9H2. The van der Waals surface area contributed by atoms with Gasteiger partial charge in [0.05, 0.1) is 11.9 Å². The molecule has 1 fully saturated rings. The van der Waals surface area contributed by atoms with E-state index < -0.39 is 0 Å². The van der Waals surface area contributed by atoms with Gasteiger partial charge in [-0.3, -0.25) is 9.59 Å². The molecular formula is C16H16ClN3O2S. The van der Waals surface area contributed by atoms with Crippen LogP contribution in [0.2, 0.25) is 5.02 Å². The molecule has 120 valence electrons. The van der Waals surface area contributed by atoms with Gasteiger partial charge < -0.3 is 9.80 Å². The number of nitrogens with zero attached hydrogens (tertiary/aromatic N) is 3. The summed E-state index contributed by atoms with van der Waals surface area (Å²) in [5.41, 5.74) is 2.96. The molecule has 1 saturated heterocycles. The summed E-state index contributed by atoms with van der Waals surface area (Å²) in [6.07, 6.45) is 0.291. The van der Waals surface area contributed by atoms with Crippen LogP contribution in [0.3, 0.4) is 0 Å². The van der Waals surface area contributed by atoms with E-state index in [4.69, 9.17) is 11.6 Å². The number of benzene rings is 1. The summed E-state index contributed by atoms with van der Waals surface area (Å²) in [5.74, 6) is -0.0247. The predicted octanol–water partition coefficient (Wildman–Crippen LogP) is 2.32. The van der Waals surface area contributed by atoms with Gasteiger partial charge in [0, 0.05) is 36.6 Å². The number of hydrogen-bond donors (Lipinski definition) is 0. The van der Waals surface area contributed by atoms with Crippen molar-refractivity contribution in [3.63, 3.8) is 0 Å². The molecule has 2 heterocycles. The molecule has 1 aromatic carbocycles. The molecule has 0 spiro atoms. The van der Waals surface area contributed by atoms with E-state index in [1.165, 1.54) is 11.3 Å². The van der Waals surface area contributed by atoms with E-state index in [1.54, 1.807) is 26.8 Å². The average molecular weight is 350 g/mol. The Kier molecular flexibility index (Phi) is 4.93. The lowest BCUT2D eigenvalue weighted by atomic mass is 10.1. The van der Waals surface area contributed by atoms with Crippen LogP contribution in [0.1, 0.15) is 16.1 Å². The third-order valence-corrected chi connectivity index (χ3v) is 4.83. The second-order valence-corrected chi connectivity index (χ2v) is 6.44. The molecule has 7 heteroatoms. The number of hydrogen-bond acceptors (Lipinski definition) is 4. The molecule has 1 aliphatic rings. The maximum Gasteiger partial charge on any atom is 0.273 e. The van der Waals surface area contributed by atoms with Gasteiger partial charge in [0.25, 0.3) is 5.91 Å². The normalized spacial score (nSPS) is 14.8. The van der Waals surface area contributed by atoms with Gasteiger partial charge in [-0.2, -0.15) is 0 Å². The van der Waals surface area contributed by atoms with Gasteiger partial charge in [-0.15, -0.1) is 11.3 Å². The average Bonchev–Trinajstić information content (AvgIpc) is 3.11. The fourth-order valence-electron chi connectivity index (χ4n) is 2.56. The maximum absolute atomic E-state index is 12.4. The van der Waals surface area contributed by atoms with Crippen LogP contribution >= 0.6 is 22.9 Å². The van der Waals surface area contributed by atoms with Gasteiger partial charge >= 0.3 is 0 Å². The van der Waals surface area contributed by atoms with Crippen molar-refractivity contribution in [1.29, 1.82) is 0 Å². The summed E-state index contributed by atoms with van der Waals surface area (Å²) in [6, 6.07) is 7.37. The van der Waals surface area contributed by atoms with Crippen molar-refractivity contribution in [2.24, 2.45) is 0 Å². The Bertz CT molecular complexity index is 697. The van der Waals surface area contributed by atoms with Crippen LogP contribution in [0.4, 0.5) is 0 Å². The monoisotopic (exact) mass is 349 g/mol. The Hall–Kier alpha value is -1.92. The third kappa shape index (κ3) is 3.71. The molecule has 0 saturated carbocycles. The van der Waals surface area contributed by atoms with Crippen molar-refractivity contribution < 1.29 is 9.59 Å². The van der Waals surface area contributed by atoms with E-state index in [2.05, 4.69) is 4.98 Å². The number of amides is 2. The lowest BCUT2D eigenvalue weighted by Gasteiger charge is -2.34. The highest BCUT2D eigenvalue weighted by Gasteiger charge is 2.25. The number of halogens is 1. The van der Waals surface area contributed by atoms with Crippen molar-refractivity contribution in [1.82, 2.24) is 14.8 Å². The van der Waals surface area contributed by atoms with Crippen LogP contribution in [0.15, 0.2) is 35.2 Å². The van der Waals surface area contributed by atoms with E-state index >= 15 is 0 Å². The minimum atomic E-state index is -0.0653. The van der Waals surface area contributed by atoms with Crippen LogP contribution in [-0.2, 0) is 11.2 Å². The Morgan fingerprint density at radius 1 is 1.13 bits per heavy atom. The van der Waals surface area contributed by atoms with Gasteiger partial charge in [0.2, 0.25) is 5.91 Å². The molecule has 0 atom stereocenters. The fraction of sp³-hybridized carbons (Fsp3) is 0.312. The smallest absolute Gasteiger partial charge is 0.273 e. The number of thiazole rings is 1. The molecule has 1 aliphatic heterocycles. The molecule has 2 amide bonds.